The van der Waals surface area contributed by atoms with Gasteiger partial charge in [-0.15, -0.1) is 0 Å². The lowest BCUT2D eigenvalue weighted by Crippen LogP contribution is -1.93. The summed E-state index contributed by atoms with van der Waals surface area (Å²) < 4.78 is 12.8. The molecule has 7 aromatic carbocycles. The molecule has 4 heteroatoms. The van der Waals surface area contributed by atoms with E-state index in [0.717, 1.165) is 55.6 Å². The first kappa shape index (κ1) is 23.6. The summed E-state index contributed by atoms with van der Waals surface area (Å²) in [6.07, 6.45) is 0. The second kappa shape index (κ2) is 8.76. The zero-order chi connectivity index (χ0) is 28.8. The van der Waals surface area contributed by atoms with Crippen molar-refractivity contribution in [3.8, 4) is 33.8 Å². The average molecular weight is 563 g/mol. The van der Waals surface area contributed by atoms with E-state index in [2.05, 4.69) is 84.9 Å². The van der Waals surface area contributed by atoms with Crippen molar-refractivity contribution in [3.63, 3.8) is 0 Å². The molecule has 0 fully saturated rings. The quantitative estimate of drug-likeness (QED) is 0.201. The van der Waals surface area contributed by atoms with Gasteiger partial charge in [-0.05, 0) is 63.0 Å². The SMILES string of the molecule is c1ccc(-c2nc(-c3ccccc3)c3oc4cc(-c5ccc6c(c5)c5cccc7oc8cccc6c8c75)ccc4c3n2)cc1. The van der Waals surface area contributed by atoms with Gasteiger partial charge in [0.25, 0.3) is 0 Å². The third-order valence-electron chi connectivity index (χ3n) is 8.85. The molecule has 0 saturated carbocycles. The lowest BCUT2D eigenvalue weighted by Gasteiger charge is -2.10. The van der Waals surface area contributed by atoms with E-state index in [0.29, 0.717) is 11.4 Å². The van der Waals surface area contributed by atoms with Gasteiger partial charge in [-0.3, -0.25) is 0 Å². The molecular formula is C40H22N2O2. The first-order chi connectivity index (χ1) is 21.8. The van der Waals surface area contributed by atoms with Crippen LogP contribution in [0.15, 0.2) is 142 Å². The Morgan fingerprint density at radius 1 is 0.386 bits per heavy atom. The second-order valence-electron chi connectivity index (χ2n) is 11.3. The highest BCUT2D eigenvalue weighted by atomic mass is 16.3. The van der Waals surface area contributed by atoms with Crippen molar-refractivity contribution >= 4 is 65.6 Å². The van der Waals surface area contributed by atoms with Crippen molar-refractivity contribution in [2.75, 3.05) is 0 Å². The number of fused-ring (bicyclic) bond motifs is 6. The summed E-state index contributed by atoms with van der Waals surface area (Å²) in [4.78, 5) is 10.0. The van der Waals surface area contributed by atoms with Gasteiger partial charge in [0.15, 0.2) is 11.4 Å². The fraction of sp³-hybridized carbons (Fsp3) is 0. The molecule has 0 atom stereocenters. The number of aromatic nitrogens is 2. The topological polar surface area (TPSA) is 52.1 Å². The first-order valence-corrected chi connectivity index (χ1v) is 14.7. The zero-order valence-corrected chi connectivity index (χ0v) is 23.4. The number of nitrogens with zero attached hydrogens (tertiary/aromatic N) is 2. The van der Waals surface area contributed by atoms with E-state index in [4.69, 9.17) is 18.8 Å². The fourth-order valence-electron chi connectivity index (χ4n) is 6.83. The molecule has 10 rings (SSSR count). The van der Waals surface area contributed by atoms with Gasteiger partial charge in [-0.1, -0.05) is 103 Å². The van der Waals surface area contributed by atoms with Gasteiger partial charge in [0.1, 0.15) is 28.0 Å². The van der Waals surface area contributed by atoms with Crippen LogP contribution in [0.2, 0.25) is 0 Å². The van der Waals surface area contributed by atoms with Crippen LogP contribution in [0.25, 0.3) is 99.3 Å². The third-order valence-corrected chi connectivity index (χ3v) is 8.85. The first-order valence-electron chi connectivity index (χ1n) is 14.7. The molecule has 0 spiro atoms. The van der Waals surface area contributed by atoms with Crippen molar-refractivity contribution < 1.29 is 8.83 Å². The molecule has 3 heterocycles. The predicted octanol–water partition coefficient (Wildman–Crippen LogP) is 11.0. The van der Waals surface area contributed by atoms with Crippen molar-refractivity contribution in [2.24, 2.45) is 0 Å². The third kappa shape index (κ3) is 3.28. The van der Waals surface area contributed by atoms with Crippen LogP contribution in [0.1, 0.15) is 0 Å². The molecule has 4 nitrogen and oxygen atoms in total. The van der Waals surface area contributed by atoms with Crippen molar-refractivity contribution in [3.05, 3.63) is 133 Å². The van der Waals surface area contributed by atoms with Crippen LogP contribution >= 0.6 is 0 Å². The average Bonchev–Trinajstić information content (AvgIpc) is 3.66. The van der Waals surface area contributed by atoms with Gasteiger partial charge in [-0.25, -0.2) is 9.97 Å². The summed E-state index contributed by atoms with van der Waals surface area (Å²) in [6, 6.07) is 46.1. The Bertz CT molecular complexity index is 2700. The monoisotopic (exact) mass is 562 g/mol. The largest absolute Gasteiger partial charge is 0.456 e. The molecule has 0 saturated heterocycles. The molecule has 0 aliphatic rings. The van der Waals surface area contributed by atoms with Crippen LogP contribution in [-0.4, -0.2) is 9.97 Å². The molecule has 0 radical (unpaired) electrons. The Hall–Kier alpha value is -6.00. The number of benzene rings is 7. The molecule has 10 aromatic rings. The second-order valence-corrected chi connectivity index (χ2v) is 11.3. The van der Waals surface area contributed by atoms with E-state index in [1.54, 1.807) is 0 Å². The number of rotatable bonds is 3. The van der Waals surface area contributed by atoms with E-state index < -0.39 is 0 Å². The number of hydrogen-bond acceptors (Lipinski definition) is 4. The van der Waals surface area contributed by atoms with Gasteiger partial charge >= 0.3 is 0 Å². The highest BCUT2D eigenvalue weighted by Gasteiger charge is 2.20. The summed E-state index contributed by atoms with van der Waals surface area (Å²) in [5.74, 6) is 0.682. The lowest BCUT2D eigenvalue weighted by atomic mass is 9.92. The predicted molar refractivity (Wildman–Crippen MR) is 179 cm³/mol. The standard InChI is InChI=1S/C40H22N2O2/c1-3-9-23(10-4-1)37-39-38(42-40(41-37)24-11-5-2-6-12-24)30-20-18-26(22-34(30)44-39)25-17-19-27-28-13-7-15-32-35(28)36-29(31(27)21-25)14-8-16-33(36)43-32/h1-22H. The minimum absolute atomic E-state index is 0.682. The van der Waals surface area contributed by atoms with Gasteiger partial charge in [-0.2, -0.15) is 0 Å². The van der Waals surface area contributed by atoms with E-state index in [1.165, 1.54) is 32.3 Å². The van der Waals surface area contributed by atoms with E-state index >= 15 is 0 Å². The molecule has 0 unspecified atom stereocenters. The Labute approximate surface area is 251 Å². The normalized spacial score (nSPS) is 12.1. The molecule has 0 aliphatic heterocycles. The summed E-state index contributed by atoms with van der Waals surface area (Å²) in [7, 11) is 0. The van der Waals surface area contributed by atoms with Crippen LogP contribution in [-0.2, 0) is 0 Å². The zero-order valence-electron chi connectivity index (χ0n) is 23.4. The summed E-state index contributed by atoms with van der Waals surface area (Å²) >= 11 is 0. The maximum Gasteiger partial charge on any atom is 0.180 e. The fourth-order valence-corrected chi connectivity index (χ4v) is 6.83. The molecular weight excluding hydrogens is 540 g/mol. The molecule has 204 valence electrons. The van der Waals surface area contributed by atoms with Crippen LogP contribution in [0.4, 0.5) is 0 Å². The maximum absolute atomic E-state index is 6.59. The Balaban J connectivity index is 1.20. The van der Waals surface area contributed by atoms with Crippen LogP contribution < -0.4 is 0 Å². The lowest BCUT2D eigenvalue weighted by molar-refractivity contribution is 0.667. The van der Waals surface area contributed by atoms with Gasteiger partial charge in [0.2, 0.25) is 0 Å². The van der Waals surface area contributed by atoms with Crippen LogP contribution in [0, 0.1) is 0 Å². The Morgan fingerprint density at radius 3 is 1.75 bits per heavy atom. The molecule has 0 aliphatic carbocycles. The van der Waals surface area contributed by atoms with Crippen LogP contribution in [0.3, 0.4) is 0 Å². The highest BCUT2D eigenvalue weighted by Crippen LogP contribution is 2.44. The Kier molecular flexibility index (Phi) is 4.69. The molecule has 44 heavy (non-hydrogen) atoms. The van der Waals surface area contributed by atoms with Crippen molar-refractivity contribution in [1.29, 1.82) is 0 Å². The molecule has 3 aromatic heterocycles. The molecule has 0 N–H and O–H groups in total. The smallest absolute Gasteiger partial charge is 0.180 e. The van der Waals surface area contributed by atoms with E-state index in [-0.39, 0.29) is 0 Å². The number of furan rings is 2. The summed E-state index contributed by atoms with van der Waals surface area (Å²) in [5.41, 5.74) is 9.12. The minimum Gasteiger partial charge on any atom is -0.456 e. The number of hydrogen-bond donors (Lipinski definition) is 0. The summed E-state index contributed by atoms with van der Waals surface area (Å²) in [5, 5.41) is 8.22. The van der Waals surface area contributed by atoms with Gasteiger partial charge < -0.3 is 8.83 Å². The van der Waals surface area contributed by atoms with Gasteiger partial charge in [0.05, 0.1) is 0 Å². The minimum atomic E-state index is 0.682. The Morgan fingerprint density at radius 2 is 1.02 bits per heavy atom. The summed E-state index contributed by atoms with van der Waals surface area (Å²) in [6.45, 7) is 0. The van der Waals surface area contributed by atoms with E-state index in [1.807, 2.05) is 48.5 Å². The maximum atomic E-state index is 6.59. The van der Waals surface area contributed by atoms with Crippen molar-refractivity contribution in [1.82, 2.24) is 9.97 Å². The molecule has 0 bridgehead atoms. The van der Waals surface area contributed by atoms with Crippen LogP contribution in [0.5, 0.6) is 0 Å². The highest BCUT2D eigenvalue weighted by molar-refractivity contribution is 6.33. The molecule has 0 amide bonds. The van der Waals surface area contributed by atoms with E-state index in [9.17, 15) is 0 Å². The van der Waals surface area contributed by atoms with Gasteiger partial charge in [0, 0.05) is 27.3 Å². The van der Waals surface area contributed by atoms with Crippen molar-refractivity contribution in [2.45, 2.75) is 0 Å².